The van der Waals surface area contributed by atoms with E-state index in [0.717, 1.165) is 19.3 Å². The van der Waals surface area contributed by atoms with Crippen LogP contribution in [0.4, 0.5) is 0 Å². The number of hydrogen-bond donors (Lipinski definition) is 1. The van der Waals surface area contributed by atoms with Gasteiger partial charge in [0.1, 0.15) is 5.69 Å². The zero-order chi connectivity index (χ0) is 20.9. The van der Waals surface area contributed by atoms with Crippen molar-refractivity contribution in [2.45, 2.75) is 43.4 Å². The number of nitrogens with zero attached hydrogens (tertiary/aromatic N) is 3. The molecule has 29 heavy (non-hydrogen) atoms. The van der Waals surface area contributed by atoms with Crippen LogP contribution < -0.4 is 5.32 Å². The molecule has 3 rings (SSSR count). The van der Waals surface area contributed by atoms with Crippen LogP contribution in [-0.4, -0.2) is 71.9 Å². The Morgan fingerprint density at radius 3 is 2.55 bits per heavy atom. The second-order valence-corrected chi connectivity index (χ2v) is 9.73. The van der Waals surface area contributed by atoms with Crippen LogP contribution in [0.5, 0.6) is 0 Å². The zero-order valence-corrected chi connectivity index (χ0v) is 17.3. The summed E-state index contributed by atoms with van der Waals surface area (Å²) in [7, 11) is -3.50. The normalized spacial score (nSPS) is 21.9. The van der Waals surface area contributed by atoms with Gasteiger partial charge in [0.15, 0.2) is 0 Å². The van der Waals surface area contributed by atoms with Crippen molar-refractivity contribution in [1.29, 1.82) is 0 Å². The molecular weight excluding hydrogens is 392 g/mol. The van der Waals surface area contributed by atoms with E-state index >= 15 is 0 Å². The monoisotopic (exact) mass is 420 g/mol. The maximum Gasteiger partial charge on any atom is 0.272 e. The van der Waals surface area contributed by atoms with Gasteiger partial charge in [0.25, 0.3) is 5.91 Å². The van der Waals surface area contributed by atoms with Crippen molar-refractivity contribution in [1.82, 2.24) is 19.5 Å². The Morgan fingerprint density at radius 1 is 1.14 bits per heavy atom. The molecule has 1 aromatic heterocycles. The van der Waals surface area contributed by atoms with Crippen LogP contribution >= 0.6 is 0 Å². The molecule has 9 heteroatoms. The Balaban J connectivity index is 1.62. The van der Waals surface area contributed by atoms with Crippen molar-refractivity contribution in [3.63, 3.8) is 0 Å². The number of aromatic nitrogens is 1. The number of likely N-dealkylation sites (tertiary alicyclic amines) is 1. The summed E-state index contributed by atoms with van der Waals surface area (Å²) in [5, 5.41) is 2.32. The van der Waals surface area contributed by atoms with E-state index < -0.39 is 15.3 Å². The molecule has 0 radical (unpaired) electrons. The van der Waals surface area contributed by atoms with Gasteiger partial charge in [-0.2, -0.15) is 4.31 Å². The third kappa shape index (κ3) is 5.22. The van der Waals surface area contributed by atoms with E-state index in [4.69, 9.17) is 0 Å². The molecule has 1 atom stereocenters. The molecule has 0 aromatic carbocycles. The standard InChI is InChI=1S/C20H28N4O4S/c1-2-19(25)22-16-7-4-6-12-24(15-16)29(27,28)17-9-13-23(14-10-17)20(26)18-8-3-5-11-21-18/h2-3,5,8,11,16-17H,1,4,6-7,9-10,12-15H2,(H,22,25). The summed E-state index contributed by atoms with van der Waals surface area (Å²) in [6.07, 6.45) is 5.98. The number of sulfonamides is 1. The van der Waals surface area contributed by atoms with Gasteiger partial charge in [0, 0.05) is 38.4 Å². The van der Waals surface area contributed by atoms with Gasteiger partial charge >= 0.3 is 0 Å². The van der Waals surface area contributed by atoms with Crippen molar-refractivity contribution in [2.24, 2.45) is 0 Å². The summed E-state index contributed by atoms with van der Waals surface area (Å²) < 4.78 is 28.0. The van der Waals surface area contributed by atoms with Gasteiger partial charge in [-0.05, 0) is 43.9 Å². The van der Waals surface area contributed by atoms with Crippen LogP contribution in [0.15, 0.2) is 37.1 Å². The first-order valence-corrected chi connectivity index (χ1v) is 11.5. The summed E-state index contributed by atoms with van der Waals surface area (Å²) >= 11 is 0. The number of pyridine rings is 1. The summed E-state index contributed by atoms with van der Waals surface area (Å²) in [5.74, 6) is -0.445. The van der Waals surface area contributed by atoms with Crippen LogP contribution in [0.2, 0.25) is 0 Å². The third-order valence-corrected chi connectivity index (χ3v) is 7.93. The molecule has 2 saturated heterocycles. The van der Waals surface area contributed by atoms with Crippen molar-refractivity contribution < 1.29 is 18.0 Å². The zero-order valence-electron chi connectivity index (χ0n) is 16.5. The highest BCUT2D eigenvalue weighted by Gasteiger charge is 2.37. The highest BCUT2D eigenvalue weighted by molar-refractivity contribution is 7.89. The molecule has 1 N–H and O–H groups in total. The van der Waals surface area contributed by atoms with Gasteiger partial charge in [-0.1, -0.05) is 19.1 Å². The molecule has 8 nitrogen and oxygen atoms in total. The van der Waals surface area contributed by atoms with Gasteiger partial charge in [0.2, 0.25) is 15.9 Å². The molecule has 0 aliphatic carbocycles. The molecule has 0 saturated carbocycles. The lowest BCUT2D eigenvalue weighted by Gasteiger charge is -2.34. The van der Waals surface area contributed by atoms with Crippen molar-refractivity contribution >= 4 is 21.8 Å². The topological polar surface area (TPSA) is 99.7 Å². The second kappa shape index (κ2) is 9.49. The van der Waals surface area contributed by atoms with Crippen molar-refractivity contribution in [2.75, 3.05) is 26.2 Å². The first-order valence-electron chi connectivity index (χ1n) is 10.0. The molecule has 0 spiro atoms. The molecule has 2 aliphatic heterocycles. The van der Waals surface area contributed by atoms with E-state index in [1.54, 1.807) is 29.3 Å². The lowest BCUT2D eigenvalue weighted by Crippen LogP contribution is -2.50. The molecule has 1 unspecified atom stereocenters. The average Bonchev–Trinajstić information content (AvgIpc) is 3.00. The first kappa shape index (κ1) is 21.4. The van der Waals surface area contributed by atoms with Crippen molar-refractivity contribution in [3.8, 4) is 0 Å². The Labute approximate surface area is 172 Å². The Hall–Kier alpha value is -2.26. The number of amides is 2. The number of nitrogens with one attached hydrogen (secondary N) is 1. The number of carbonyl (C=O) groups is 2. The molecule has 3 heterocycles. The quantitative estimate of drug-likeness (QED) is 0.721. The summed E-state index contributed by atoms with van der Waals surface area (Å²) in [5.41, 5.74) is 0.377. The van der Waals surface area contributed by atoms with E-state index in [1.807, 2.05) is 0 Å². The lowest BCUT2D eigenvalue weighted by atomic mass is 10.1. The van der Waals surface area contributed by atoms with E-state index in [0.29, 0.717) is 38.2 Å². The van der Waals surface area contributed by atoms with E-state index in [-0.39, 0.29) is 24.4 Å². The van der Waals surface area contributed by atoms with E-state index in [2.05, 4.69) is 16.9 Å². The summed E-state index contributed by atoms with van der Waals surface area (Å²) in [6.45, 7) is 4.99. The molecule has 2 amide bonds. The predicted molar refractivity (Wildman–Crippen MR) is 110 cm³/mol. The first-order chi connectivity index (χ1) is 13.9. The molecular formula is C20H28N4O4S. The Morgan fingerprint density at radius 2 is 1.90 bits per heavy atom. The van der Waals surface area contributed by atoms with Crippen LogP contribution in [0.25, 0.3) is 0 Å². The van der Waals surface area contributed by atoms with Crippen LogP contribution in [0.3, 0.4) is 0 Å². The van der Waals surface area contributed by atoms with Crippen LogP contribution in [0, 0.1) is 0 Å². The smallest absolute Gasteiger partial charge is 0.272 e. The maximum atomic E-state index is 13.2. The van der Waals surface area contributed by atoms with Gasteiger partial charge in [0.05, 0.1) is 5.25 Å². The molecule has 2 aliphatic rings. The van der Waals surface area contributed by atoms with Gasteiger partial charge in [-0.25, -0.2) is 8.42 Å². The van der Waals surface area contributed by atoms with Crippen LogP contribution in [0.1, 0.15) is 42.6 Å². The molecule has 2 fully saturated rings. The fraction of sp³-hybridized carbons (Fsp3) is 0.550. The second-order valence-electron chi connectivity index (χ2n) is 7.51. The number of piperidine rings is 1. The minimum atomic E-state index is -3.50. The largest absolute Gasteiger partial charge is 0.349 e. The summed E-state index contributed by atoms with van der Waals surface area (Å²) in [4.78, 5) is 29.9. The van der Waals surface area contributed by atoms with E-state index in [1.165, 1.54) is 10.4 Å². The minimum Gasteiger partial charge on any atom is -0.349 e. The third-order valence-electron chi connectivity index (χ3n) is 5.56. The fourth-order valence-corrected chi connectivity index (χ4v) is 5.93. The van der Waals surface area contributed by atoms with Gasteiger partial charge in [-0.3, -0.25) is 14.6 Å². The predicted octanol–water partition coefficient (Wildman–Crippen LogP) is 1.17. The summed E-state index contributed by atoms with van der Waals surface area (Å²) in [6, 6.07) is 4.98. The van der Waals surface area contributed by atoms with Crippen LogP contribution in [-0.2, 0) is 14.8 Å². The highest BCUT2D eigenvalue weighted by Crippen LogP contribution is 2.24. The number of hydrogen-bond acceptors (Lipinski definition) is 5. The van der Waals surface area contributed by atoms with Gasteiger partial charge in [-0.15, -0.1) is 0 Å². The van der Waals surface area contributed by atoms with E-state index in [9.17, 15) is 18.0 Å². The molecule has 1 aromatic rings. The SMILES string of the molecule is C=CC(=O)NC1CCCCN(S(=O)(=O)C2CCN(C(=O)c3ccccn3)CC2)C1. The fourth-order valence-electron chi connectivity index (χ4n) is 3.94. The highest BCUT2D eigenvalue weighted by atomic mass is 32.2. The number of rotatable bonds is 5. The Bertz CT molecular complexity index is 835. The maximum absolute atomic E-state index is 13.2. The molecule has 0 bridgehead atoms. The number of carbonyl (C=O) groups excluding carboxylic acids is 2. The lowest BCUT2D eigenvalue weighted by molar-refractivity contribution is -0.117. The minimum absolute atomic E-state index is 0.163. The average molecular weight is 421 g/mol. The van der Waals surface area contributed by atoms with Crippen molar-refractivity contribution in [3.05, 3.63) is 42.7 Å². The van der Waals surface area contributed by atoms with Gasteiger partial charge < -0.3 is 10.2 Å². The Kier molecular flexibility index (Phi) is 7.02. The molecule has 158 valence electrons.